The first-order valence-electron chi connectivity index (χ1n) is 13.5. The maximum atomic E-state index is 6.27. The average molecular weight is 513 g/mol. The number of hydrogen-bond donors (Lipinski definition) is 0. The van der Waals surface area contributed by atoms with Crippen LogP contribution in [0.3, 0.4) is 0 Å². The van der Waals surface area contributed by atoms with Gasteiger partial charge in [0.05, 0.1) is 6.20 Å². The lowest BCUT2D eigenvalue weighted by molar-refractivity contribution is 0.670. The Labute approximate surface area is 231 Å². The summed E-state index contributed by atoms with van der Waals surface area (Å²) in [6, 6.07) is 47.5. The van der Waals surface area contributed by atoms with Gasteiger partial charge in [0.25, 0.3) is 0 Å². The van der Waals surface area contributed by atoms with Crippen LogP contribution in [-0.2, 0) is 0 Å². The van der Waals surface area contributed by atoms with E-state index in [1.807, 2.05) is 12.3 Å². The van der Waals surface area contributed by atoms with Gasteiger partial charge < -0.3 is 9.32 Å². The molecule has 0 unspecified atom stereocenters. The van der Waals surface area contributed by atoms with E-state index >= 15 is 0 Å². The van der Waals surface area contributed by atoms with Gasteiger partial charge in [-0.25, -0.2) is 0 Å². The van der Waals surface area contributed by atoms with Gasteiger partial charge in [0, 0.05) is 39.4 Å². The van der Waals surface area contributed by atoms with Crippen LogP contribution in [0.15, 0.2) is 150 Å². The summed E-state index contributed by atoms with van der Waals surface area (Å²) < 4.78 is 6.27. The Balaban J connectivity index is 1.33. The van der Waals surface area contributed by atoms with E-state index in [1.54, 1.807) is 6.20 Å². The molecule has 0 saturated heterocycles. The van der Waals surface area contributed by atoms with E-state index in [0.717, 1.165) is 49.8 Å². The molecule has 6 aromatic carbocycles. The molecule has 0 spiro atoms. The fraction of sp³-hybridized carbons (Fsp3) is 0. The van der Waals surface area contributed by atoms with Crippen molar-refractivity contribution in [2.45, 2.75) is 0 Å². The molecule has 8 aromatic rings. The van der Waals surface area contributed by atoms with Crippen molar-refractivity contribution in [1.82, 2.24) is 4.98 Å². The van der Waals surface area contributed by atoms with Crippen molar-refractivity contribution in [3.63, 3.8) is 0 Å². The molecule has 3 heteroatoms. The van der Waals surface area contributed by atoms with E-state index in [9.17, 15) is 0 Å². The molecule has 0 saturated carbocycles. The van der Waals surface area contributed by atoms with Crippen LogP contribution < -0.4 is 4.90 Å². The Morgan fingerprint density at radius 2 is 1.18 bits per heavy atom. The van der Waals surface area contributed by atoms with Crippen LogP contribution in [0.1, 0.15) is 0 Å². The van der Waals surface area contributed by atoms with Crippen molar-refractivity contribution in [2.75, 3.05) is 4.90 Å². The highest BCUT2D eigenvalue weighted by molar-refractivity contribution is 6.15. The smallest absolute Gasteiger partial charge is 0.153 e. The van der Waals surface area contributed by atoms with Gasteiger partial charge in [-0.3, -0.25) is 4.98 Å². The molecule has 3 nitrogen and oxygen atoms in total. The van der Waals surface area contributed by atoms with E-state index in [2.05, 4.69) is 137 Å². The fourth-order valence-corrected chi connectivity index (χ4v) is 5.76. The van der Waals surface area contributed by atoms with Crippen molar-refractivity contribution in [2.24, 2.45) is 0 Å². The Morgan fingerprint density at radius 3 is 2.08 bits per heavy atom. The largest absolute Gasteiger partial charge is 0.454 e. The minimum atomic E-state index is 0.810. The zero-order chi connectivity index (χ0) is 26.5. The molecule has 2 aromatic heterocycles. The summed E-state index contributed by atoms with van der Waals surface area (Å²) in [5.41, 5.74) is 7.39. The van der Waals surface area contributed by atoms with E-state index < -0.39 is 0 Å². The first-order chi connectivity index (χ1) is 19.8. The molecule has 8 rings (SSSR count). The van der Waals surface area contributed by atoms with Gasteiger partial charge in [0.1, 0.15) is 5.58 Å². The summed E-state index contributed by atoms with van der Waals surface area (Å²) in [4.78, 5) is 6.58. The average Bonchev–Trinajstić information content (AvgIpc) is 3.41. The number of anilines is 3. The minimum absolute atomic E-state index is 0.810. The zero-order valence-corrected chi connectivity index (χ0v) is 21.7. The molecule has 0 fully saturated rings. The third kappa shape index (κ3) is 3.71. The second-order valence-electron chi connectivity index (χ2n) is 10.1. The lowest BCUT2D eigenvalue weighted by atomic mass is 10.0. The summed E-state index contributed by atoms with van der Waals surface area (Å²) in [6.07, 6.45) is 3.60. The van der Waals surface area contributed by atoms with Gasteiger partial charge in [-0.2, -0.15) is 0 Å². The maximum absolute atomic E-state index is 6.27. The second-order valence-corrected chi connectivity index (χ2v) is 10.1. The molecular formula is C37H24N2O. The van der Waals surface area contributed by atoms with E-state index in [4.69, 9.17) is 4.42 Å². The number of nitrogens with zero attached hydrogens (tertiary/aromatic N) is 2. The first kappa shape index (κ1) is 22.6. The topological polar surface area (TPSA) is 29.3 Å². The summed E-state index contributed by atoms with van der Waals surface area (Å²) >= 11 is 0. The number of furan rings is 1. The molecule has 40 heavy (non-hydrogen) atoms. The van der Waals surface area contributed by atoms with Gasteiger partial charge in [-0.15, -0.1) is 0 Å². The third-order valence-corrected chi connectivity index (χ3v) is 7.70. The maximum Gasteiger partial charge on any atom is 0.153 e. The molecule has 2 heterocycles. The molecule has 0 N–H and O–H groups in total. The lowest BCUT2D eigenvalue weighted by Gasteiger charge is -2.26. The molecule has 0 bridgehead atoms. The minimum Gasteiger partial charge on any atom is -0.454 e. The number of fused-ring (bicyclic) bond motifs is 6. The molecule has 188 valence electrons. The van der Waals surface area contributed by atoms with Gasteiger partial charge in [0.2, 0.25) is 0 Å². The highest BCUT2D eigenvalue weighted by atomic mass is 16.3. The molecule has 0 aliphatic rings. The predicted molar refractivity (Wildman–Crippen MR) is 167 cm³/mol. The summed E-state index contributed by atoms with van der Waals surface area (Å²) in [6.45, 7) is 0. The van der Waals surface area contributed by atoms with Gasteiger partial charge >= 0.3 is 0 Å². The number of rotatable bonds is 4. The molecule has 0 aliphatic carbocycles. The molecule has 0 radical (unpaired) electrons. The van der Waals surface area contributed by atoms with E-state index in [-0.39, 0.29) is 0 Å². The van der Waals surface area contributed by atoms with Crippen molar-refractivity contribution in [3.8, 4) is 11.1 Å². The van der Waals surface area contributed by atoms with Gasteiger partial charge in [0.15, 0.2) is 5.58 Å². The van der Waals surface area contributed by atoms with Crippen molar-refractivity contribution in [3.05, 3.63) is 146 Å². The Hall–Kier alpha value is -5.41. The van der Waals surface area contributed by atoms with Crippen LogP contribution in [0.2, 0.25) is 0 Å². The molecule has 0 atom stereocenters. The number of pyridine rings is 1. The Morgan fingerprint density at radius 1 is 0.475 bits per heavy atom. The van der Waals surface area contributed by atoms with Gasteiger partial charge in [-0.1, -0.05) is 78.9 Å². The normalized spacial score (nSPS) is 11.5. The van der Waals surface area contributed by atoms with Crippen LogP contribution >= 0.6 is 0 Å². The Kier molecular flexibility index (Phi) is 5.14. The number of aromatic nitrogens is 1. The lowest BCUT2D eigenvalue weighted by Crippen LogP contribution is -2.10. The first-order valence-corrected chi connectivity index (χ1v) is 13.5. The standard InChI is InChI=1S/C37H24N2O/c1-2-7-25(8-3-1)28-11-6-12-30(21-28)39(31-15-13-26-9-4-5-10-27(26)22-31)32-16-18-33-29(23-32)14-17-35-34-19-20-38-24-36(34)40-37(33)35/h1-24H. The summed E-state index contributed by atoms with van der Waals surface area (Å²) in [5, 5.41) is 6.86. The second kappa shape index (κ2) is 9.11. The molecule has 0 amide bonds. The highest BCUT2D eigenvalue weighted by Gasteiger charge is 2.16. The third-order valence-electron chi connectivity index (χ3n) is 7.70. The Bertz CT molecular complexity index is 2180. The molecular weight excluding hydrogens is 488 g/mol. The fourth-order valence-electron chi connectivity index (χ4n) is 5.76. The summed E-state index contributed by atoms with van der Waals surface area (Å²) in [5.74, 6) is 0. The van der Waals surface area contributed by atoms with Crippen LogP contribution in [-0.4, -0.2) is 4.98 Å². The number of benzene rings is 6. The van der Waals surface area contributed by atoms with Crippen LogP contribution in [0.4, 0.5) is 17.1 Å². The number of hydrogen-bond acceptors (Lipinski definition) is 3. The van der Waals surface area contributed by atoms with Crippen molar-refractivity contribution < 1.29 is 4.42 Å². The van der Waals surface area contributed by atoms with E-state index in [1.165, 1.54) is 21.9 Å². The SMILES string of the molecule is c1ccc(-c2cccc(N(c3ccc4ccccc4c3)c3ccc4c(ccc5c6ccncc6oc45)c3)c2)cc1. The highest BCUT2D eigenvalue weighted by Crippen LogP contribution is 2.40. The van der Waals surface area contributed by atoms with Gasteiger partial charge in [-0.05, 0) is 81.9 Å². The van der Waals surface area contributed by atoms with Crippen molar-refractivity contribution in [1.29, 1.82) is 0 Å². The summed E-state index contributed by atoms with van der Waals surface area (Å²) in [7, 11) is 0. The van der Waals surface area contributed by atoms with Crippen molar-refractivity contribution >= 4 is 60.5 Å². The monoisotopic (exact) mass is 512 g/mol. The predicted octanol–water partition coefficient (Wildman–Crippen LogP) is 10.4. The van der Waals surface area contributed by atoms with Crippen LogP contribution in [0.25, 0.3) is 54.6 Å². The van der Waals surface area contributed by atoms with Crippen LogP contribution in [0.5, 0.6) is 0 Å². The van der Waals surface area contributed by atoms with E-state index in [0.29, 0.717) is 0 Å². The zero-order valence-electron chi connectivity index (χ0n) is 21.7. The molecule has 0 aliphatic heterocycles. The van der Waals surface area contributed by atoms with Crippen LogP contribution in [0, 0.1) is 0 Å². The quantitative estimate of drug-likeness (QED) is 0.235.